The number of aromatic nitrogens is 6. The van der Waals surface area contributed by atoms with E-state index in [-0.39, 0.29) is 5.91 Å². The number of ether oxygens (including phenoxy) is 3. The number of aryl methyl sites for hydroxylation is 2. The highest BCUT2D eigenvalue weighted by Crippen LogP contribution is 2.33. The molecular weight excluding hydrogens is 498 g/mol. The molecule has 0 unspecified atom stereocenters. The lowest BCUT2D eigenvalue weighted by Crippen LogP contribution is -2.15. The van der Waals surface area contributed by atoms with E-state index in [0.717, 1.165) is 17.0 Å². The van der Waals surface area contributed by atoms with Gasteiger partial charge in [0.1, 0.15) is 41.4 Å². The van der Waals surface area contributed by atoms with E-state index in [2.05, 4.69) is 25.4 Å². The van der Waals surface area contributed by atoms with E-state index in [4.69, 9.17) is 14.2 Å². The van der Waals surface area contributed by atoms with Crippen LogP contribution in [0.25, 0.3) is 17.1 Å². The Bertz CT molecular complexity index is 1640. The number of benzene rings is 2. The van der Waals surface area contributed by atoms with E-state index in [1.807, 2.05) is 24.5 Å². The summed E-state index contributed by atoms with van der Waals surface area (Å²) >= 11 is 0. The predicted molar refractivity (Wildman–Crippen MR) is 145 cm³/mol. The van der Waals surface area contributed by atoms with Crippen LogP contribution >= 0.6 is 0 Å². The van der Waals surface area contributed by atoms with E-state index < -0.39 is 0 Å². The van der Waals surface area contributed by atoms with Gasteiger partial charge in [0.15, 0.2) is 0 Å². The first kappa shape index (κ1) is 25.5. The Morgan fingerprint density at radius 2 is 1.67 bits per heavy atom. The molecule has 0 radical (unpaired) electrons. The summed E-state index contributed by atoms with van der Waals surface area (Å²) in [4.78, 5) is 25.9. The fourth-order valence-electron chi connectivity index (χ4n) is 3.99. The highest BCUT2D eigenvalue weighted by Gasteiger charge is 2.18. The molecule has 1 N–H and O–H groups in total. The SMILES string of the molecule is COc1ccc(OC)c(-c2cc(C(=O)Nc3ccc(Oc4cc(-n5cnc(C)c5C)ncn4)cc3)n(C)n2)c1. The summed E-state index contributed by atoms with van der Waals surface area (Å²) in [5.41, 5.74) is 4.21. The number of anilines is 1. The monoisotopic (exact) mass is 525 g/mol. The molecule has 0 aliphatic heterocycles. The number of carbonyl (C=O) groups excluding carboxylic acids is 1. The Hall–Kier alpha value is -5.19. The lowest BCUT2D eigenvalue weighted by Gasteiger charge is -2.09. The Balaban J connectivity index is 1.29. The molecule has 11 nitrogen and oxygen atoms in total. The number of methoxy groups -OCH3 is 2. The van der Waals surface area contributed by atoms with Gasteiger partial charge in [-0.05, 0) is 62.4 Å². The van der Waals surface area contributed by atoms with Crippen molar-refractivity contribution >= 4 is 11.6 Å². The van der Waals surface area contributed by atoms with E-state index >= 15 is 0 Å². The number of hydrogen-bond acceptors (Lipinski definition) is 8. The number of imidazole rings is 1. The quantitative estimate of drug-likeness (QED) is 0.309. The molecule has 0 spiro atoms. The van der Waals surface area contributed by atoms with Gasteiger partial charge in [-0.3, -0.25) is 14.0 Å². The van der Waals surface area contributed by atoms with E-state index in [9.17, 15) is 4.79 Å². The fourth-order valence-corrected chi connectivity index (χ4v) is 3.99. The first-order valence-corrected chi connectivity index (χ1v) is 12.0. The molecule has 198 valence electrons. The second-order valence-electron chi connectivity index (χ2n) is 8.69. The Labute approximate surface area is 225 Å². The fraction of sp³-hybridized carbons (Fsp3) is 0.179. The Morgan fingerprint density at radius 1 is 0.897 bits per heavy atom. The molecular formula is C28H27N7O4. The molecule has 3 aromatic heterocycles. The van der Waals surface area contributed by atoms with Gasteiger partial charge in [0.05, 0.1) is 25.6 Å². The minimum Gasteiger partial charge on any atom is -0.497 e. The summed E-state index contributed by atoms with van der Waals surface area (Å²) in [5, 5.41) is 7.40. The zero-order valence-electron chi connectivity index (χ0n) is 22.2. The molecule has 11 heteroatoms. The molecule has 0 saturated heterocycles. The van der Waals surface area contributed by atoms with Crippen molar-refractivity contribution in [2.45, 2.75) is 13.8 Å². The molecule has 3 heterocycles. The van der Waals surface area contributed by atoms with Gasteiger partial charge in [0, 0.05) is 30.1 Å². The van der Waals surface area contributed by atoms with Crippen LogP contribution in [-0.2, 0) is 7.05 Å². The van der Waals surface area contributed by atoms with Gasteiger partial charge in [-0.15, -0.1) is 0 Å². The number of rotatable bonds is 8. The minimum absolute atomic E-state index is 0.307. The highest BCUT2D eigenvalue weighted by atomic mass is 16.5. The van der Waals surface area contributed by atoms with Crippen molar-refractivity contribution in [3.8, 4) is 40.2 Å². The molecule has 5 aromatic rings. The third kappa shape index (κ3) is 5.28. The van der Waals surface area contributed by atoms with Gasteiger partial charge < -0.3 is 19.5 Å². The molecule has 0 fully saturated rings. The van der Waals surface area contributed by atoms with Gasteiger partial charge in [-0.25, -0.2) is 15.0 Å². The topological polar surface area (TPSA) is 118 Å². The van der Waals surface area contributed by atoms with Gasteiger partial charge in [0.2, 0.25) is 5.88 Å². The summed E-state index contributed by atoms with van der Waals surface area (Å²) in [6.07, 6.45) is 3.16. The van der Waals surface area contributed by atoms with Gasteiger partial charge in [-0.2, -0.15) is 5.10 Å². The van der Waals surface area contributed by atoms with Crippen LogP contribution in [0.1, 0.15) is 21.9 Å². The summed E-state index contributed by atoms with van der Waals surface area (Å²) in [5.74, 6) is 2.58. The maximum absolute atomic E-state index is 13.1. The van der Waals surface area contributed by atoms with Gasteiger partial charge in [-0.1, -0.05) is 0 Å². The largest absolute Gasteiger partial charge is 0.497 e. The summed E-state index contributed by atoms with van der Waals surface area (Å²) in [7, 11) is 4.89. The molecule has 0 bridgehead atoms. The van der Waals surface area contributed by atoms with Crippen molar-refractivity contribution in [1.29, 1.82) is 0 Å². The van der Waals surface area contributed by atoms with Crippen LogP contribution in [0.4, 0.5) is 5.69 Å². The number of hydrogen-bond donors (Lipinski definition) is 1. The molecule has 39 heavy (non-hydrogen) atoms. The van der Waals surface area contributed by atoms with E-state index in [0.29, 0.717) is 46.0 Å². The van der Waals surface area contributed by atoms with E-state index in [1.54, 1.807) is 76.1 Å². The van der Waals surface area contributed by atoms with Crippen molar-refractivity contribution in [2.75, 3.05) is 19.5 Å². The van der Waals surface area contributed by atoms with E-state index in [1.165, 1.54) is 11.0 Å². The number of carbonyl (C=O) groups is 1. The van der Waals surface area contributed by atoms with Crippen LogP contribution in [-0.4, -0.2) is 49.4 Å². The van der Waals surface area contributed by atoms with Crippen molar-refractivity contribution < 1.29 is 19.0 Å². The van der Waals surface area contributed by atoms with Crippen LogP contribution in [0.3, 0.4) is 0 Å². The number of nitrogens with zero attached hydrogens (tertiary/aromatic N) is 6. The van der Waals surface area contributed by atoms with Crippen LogP contribution in [0.15, 0.2) is 67.3 Å². The second-order valence-corrected chi connectivity index (χ2v) is 8.69. The van der Waals surface area contributed by atoms with Gasteiger partial charge >= 0.3 is 0 Å². The average Bonchev–Trinajstić information content (AvgIpc) is 3.51. The molecule has 0 aliphatic carbocycles. The third-order valence-electron chi connectivity index (χ3n) is 6.26. The Kier molecular flexibility index (Phi) is 6.96. The summed E-state index contributed by atoms with van der Waals surface area (Å²) in [6, 6.07) is 15.9. The third-order valence-corrected chi connectivity index (χ3v) is 6.26. The summed E-state index contributed by atoms with van der Waals surface area (Å²) in [6.45, 7) is 3.91. The average molecular weight is 526 g/mol. The smallest absolute Gasteiger partial charge is 0.273 e. The lowest BCUT2D eigenvalue weighted by atomic mass is 10.1. The first-order valence-electron chi connectivity index (χ1n) is 12.0. The van der Waals surface area contributed by atoms with Crippen molar-refractivity contribution in [3.63, 3.8) is 0 Å². The normalized spacial score (nSPS) is 10.8. The molecule has 0 aliphatic rings. The minimum atomic E-state index is -0.307. The molecule has 2 aromatic carbocycles. The van der Waals surface area contributed by atoms with Crippen LogP contribution in [0, 0.1) is 13.8 Å². The number of nitrogens with one attached hydrogen (secondary N) is 1. The molecule has 1 amide bonds. The maximum atomic E-state index is 13.1. The van der Waals surface area contributed by atoms with Crippen molar-refractivity contribution in [1.82, 2.24) is 29.3 Å². The van der Waals surface area contributed by atoms with Crippen LogP contribution in [0.2, 0.25) is 0 Å². The van der Waals surface area contributed by atoms with Crippen LogP contribution < -0.4 is 19.5 Å². The zero-order chi connectivity index (χ0) is 27.5. The lowest BCUT2D eigenvalue weighted by molar-refractivity contribution is 0.101. The molecule has 5 rings (SSSR count). The standard InChI is InChI=1S/C28H27N7O4/c1-17-18(2)35(16-31-17)26-14-27(30-15-29-26)39-20-8-6-19(7-9-20)32-28(36)24-13-23(33-34(24)3)22-12-21(37-4)10-11-25(22)38-5/h6-16H,1-5H3,(H,32,36). The highest BCUT2D eigenvalue weighted by molar-refractivity contribution is 6.03. The summed E-state index contributed by atoms with van der Waals surface area (Å²) < 4.78 is 20.1. The molecule has 0 saturated carbocycles. The van der Waals surface area contributed by atoms with Crippen molar-refractivity contribution in [2.24, 2.45) is 7.05 Å². The number of amides is 1. The van der Waals surface area contributed by atoms with Crippen LogP contribution in [0.5, 0.6) is 23.1 Å². The first-order chi connectivity index (χ1) is 18.9. The van der Waals surface area contributed by atoms with Gasteiger partial charge in [0.25, 0.3) is 5.91 Å². The zero-order valence-corrected chi connectivity index (χ0v) is 22.2. The predicted octanol–water partition coefficient (Wildman–Crippen LogP) is 4.74. The van der Waals surface area contributed by atoms with Crippen molar-refractivity contribution in [3.05, 3.63) is 84.3 Å². The maximum Gasteiger partial charge on any atom is 0.273 e. The Morgan fingerprint density at radius 3 is 2.36 bits per heavy atom. The molecule has 0 atom stereocenters. The second kappa shape index (κ2) is 10.7.